The maximum absolute atomic E-state index is 12.9. The van der Waals surface area contributed by atoms with E-state index in [2.05, 4.69) is 5.32 Å². The van der Waals surface area contributed by atoms with Crippen LogP contribution in [0.2, 0.25) is 0 Å². The molecule has 0 unspecified atom stereocenters. The Morgan fingerprint density at radius 3 is 1.94 bits per heavy atom. The van der Waals surface area contributed by atoms with Gasteiger partial charge in [-0.1, -0.05) is 32.0 Å². The van der Waals surface area contributed by atoms with Crippen LogP contribution in [-0.2, 0) is 32.0 Å². The minimum atomic E-state index is -0.682. The molecule has 4 rings (SSSR count). The molecule has 36 heavy (non-hydrogen) atoms. The van der Waals surface area contributed by atoms with Crippen LogP contribution < -0.4 is 10.2 Å². The zero-order chi connectivity index (χ0) is 26.0. The third kappa shape index (κ3) is 5.13. The SMILES string of the molecule is CCc1cccc(CC)c1NC(=O)COC(=O)c1ccc(N2C(=O)[C@H]3C[C@@H](Cl)[C@@H](Cl)C[C@H]3C2=O)cc1. The average Bonchev–Trinajstić information content (AvgIpc) is 3.11. The second kappa shape index (κ2) is 11.0. The molecule has 1 aliphatic heterocycles. The lowest BCUT2D eigenvalue weighted by Crippen LogP contribution is -2.34. The zero-order valence-corrected chi connectivity index (χ0v) is 21.6. The smallest absolute Gasteiger partial charge is 0.338 e. The number of nitrogens with one attached hydrogen (secondary N) is 1. The van der Waals surface area contributed by atoms with Crippen molar-refractivity contribution in [2.75, 3.05) is 16.8 Å². The molecular weight excluding hydrogens is 503 g/mol. The standard InChI is InChI=1S/C27H28Cl2N2O5/c1-3-15-6-5-7-16(4-2)24(15)30-23(32)14-36-27(35)17-8-10-18(11-9-17)31-25(33)19-12-21(28)22(29)13-20(19)26(31)34/h5-11,19-22H,3-4,12-14H2,1-2H3,(H,30,32)/t19-,20+,21+,22-. The van der Waals surface area contributed by atoms with Gasteiger partial charge in [0.2, 0.25) is 11.8 Å². The number of benzene rings is 2. The fourth-order valence-electron chi connectivity index (χ4n) is 4.89. The first kappa shape index (κ1) is 26.2. The third-order valence-corrected chi connectivity index (χ3v) is 7.96. The first-order valence-corrected chi connectivity index (χ1v) is 13.0. The summed E-state index contributed by atoms with van der Waals surface area (Å²) in [6.45, 7) is 3.58. The van der Waals surface area contributed by atoms with Crippen LogP contribution in [-0.4, -0.2) is 41.1 Å². The Bertz CT molecular complexity index is 1130. The quantitative estimate of drug-likeness (QED) is 0.317. The lowest BCUT2D eigenvalue weighted by Gasteiger charge is -2.28. The van der Waals surface area contributed by atoms with Crippen LogP contribution in [0.4, 0.5) is 11.4 Å². The number of hydrogen-bond acceptors (Lipinski definition) is 5. The summed E-state index contributed by atoms with van der Waals surface area (Å²) in [6.07, 6.45) is 2.24. The number of aryl methyl sites for hydroxylation is 2. The molecule has 1 aliphatic carbocycles. The van der Waals surface area contributed by atoms with Crippen molar-refractivity contribution in [3.05, 3.63) is 59.2 Å². The summed E-state index contributed by atoms with van der Waals surface area (Å²) in [7, 11) is 0. The molecule has 1 heterocycles. The van der Waals surface area contributed by atoms with Gasteiger partial charge in [0.25, 0.3) is 5.91 Å². The Kier molecular flexibility index (Phi) is 8.00. The van der Waals surface area contributed by atoms with Gasteiger partial charge in [0.05, 0.1) is 33.8 Å². The summed E-state index contributed by atoms with van der Waals surface area (Å²) < 4.78 is 5.19. The minimum absolute atomic E-state index is 0.202. The Balaban J connectivity index is 1.38. The van der Waals surface area contributed by atoms with Gasteiger partial charge in [-0.05, 0) is 61.1 Å². The van der Waals surface area contributed by atoms with Crippen molar-refractivity contribution in [2.45, 2.75) is 50.3 Å². The molecule has 1 saturated heterocycles. The van der Waals surface area contributed by atoms with E-state index in [-0.39, 0.29) is 28.1 Å². The van der Waals surface area contributed by atoms with Gasteiger partial charge in [-0.25, -0.2) is 4.79 Å². The van der Waals surface area contributed by atoms with E-state index in [1.807, 2.05) is 32.0 Å². The second-order valence-electron chi connectivity index (χ2n) is 9.06. The van der Waals surface area contributed by atoms with E-state index in [1.165, 1.54) is 24.3 Å². The van der Waals surface area contributed by atoms with Crippen LogP contribution in [0.1, 0.15) is 48.2 Å². The summed E-state index contributed by atoms with van der Waals surface area (Å²) >= 11 is 12.5. The van der Waals surface area contributed by atoms with Gasteiger partial charge in [-0.3, -0.25) is 19.3 Å². The normalized spacial score (nSPS) is 23.4. The molecule has 2 fully saturated rings. The first-order chi connectivity index (χ1) is 17.2. The number of rotatable bonds is 7. The fraction of sp³-hybridized carbons (Fsp3) is 0.407. The van der Waals surface area contributed by atoms with Crippen LogP contribution in [0, 0.1) is 11.8 Å². The molecule has 2 aromatic carbocycles. The van der Waals surface area contributed by atoms with E-state index in [0.29, 0.717) is 18.5 Å². The molecule has 0 bridgehead atoms. The van der Waals surface area contributed by atoms with Gasteiger partial charge in [0.1, 0.15) is 0 Å². The predicted octanol–water partition coefficient (Wildman–Crippen LogP) is 4.72. The van der Waals surface area contributed by atoms with Crippen molar-refractivity contribution in [1.29, 1.82) is 0 Å². The van der Waals surface area contributed by atoms with Gasteiger partial charge in [-0.2, -0.15) is 0 Å². The molecule has 2 aliphatic rings. The highest BCUT2D eigenvalue weighted by atomic mass is 35.5. The number of carbonyl (C=O) groups is 4. The average molecular weight is 531 g/mol. The summed E-state index contributed by atoms with van der Waals surface area (Å²) in [5.74, 6) is -2.68. The van der Waals surface area contributed by atoms with Crippen molar-refractivity contribution >= 4 is 58.3 Å². The molecule has 7 nitrogen and oxygen atoms in total. The molecule has 0 radical (unpaired) electrons. The number of carbonyl (C=O) groups excluding carboxylic acids is 4. The lowest BCUT2D eigenvalue weighted by atomic mass is 9.80. The zero-order valence-electron chi connectivity index (χ0n) is 20.1. The molecular formula is C27H28Cl2N2O5. The van der Waals surface area contributed by atoms with Crippen LogP contribution in [0.3, 0.4) is 0 Å². The van der Waals surface area contributed by atoms with Gasteiger partial charge in [-0.15, -0.1) is 23.2 Å². The minimum Gasteiger partial charge on any atom is -0.452 e. The Morgan fingerprint density at radius 1 is 0.917 bits per heavy atom. The first-order valence-electron chi connectivity index (χ1n) is 12.1. The summed E-state index contributed by atoms with van der Waals surface area (Å²) in [6, 6.07) is 11.8. The predicted molar refractivity (Wildman–Crippen MR) is 139 cm³/mol. The van der Waals surface area contributed by atoms with E-state index in [1.54, 1.807) is 0 Å². The van der Waals surface area contributed by atoms with Gasteiger partial charge < -0.3 is 10.1 Å². The van der Waals surface area contributed by atoms with Crippen LogP contribution in [0.25, 0.3) is 0 Å². The highest BCUT2D eigenvalue weighted by Crippen LogP contribution is 2.43. The largest absolute Gasteiger partial charge is 0.452 e. The van der Waals surface area contributed by atoms with Crippen molar-refractivity contribution < 1.29 is 23.9 Å². The second-order valence-corrected chi connectivity index (χ2v) is 10.2. The maximum atomic E-state index is 12.9. The Labute approximate surface area is 220 Å². The molecule has 1 N–H and O–H groups in total. The number of ether oxygens (including phenoxy) is 1. The number of para-hydroxylation sites is 1. The highest BCUT2D eigenvalue weighted by Gasteiger charge is 2.52. The van der Waals surface area contributed by atoms with Crippen molar-refractivity contribution in [2.24, 2.45) is 11.8 Å². The van der Waals surface area contributed by atoms with Crippen molar-refractivity contribution in [1.82, 2.24) is 0 Å². The molecule has 3 amide bonds. The molecule has 9 heteroatoms. The molecule has 190 valence electrons. The van der Waals surface area contributed by atoms with E-state index in [0.717, 1.165) is 34.6 Å². The van der Waals surface area contributed by atoms with Crippen LogP contribution in [0.15, 0.2) is 42.5 Å². The number of halogens is 2. The summed E-state index contributed by atoms with van der Waals surface area (Å²) in [5.41, 5.74) is 3.36. The van der Waals surface area contributed by atoms with E-state index in [4.69, 9.17) is 27.9 Å². The number of fused-ring (bicyclic) bond motifs is 1. The highest BCUT2D eigenvalue weighted by molar-refractivity contribution is 6.31. The van der Waals surface area contributed by atoms with Crippen LogP contribution >= 0.6 is 23.2 Å². The molecule has 0 aromatic heterocycles. The third-order valence-electron chi connectivity index (χ3n) is 6.87. The number of imide groups is 1. The Hall–Kier alpha value is -2.90. The van der Waals surface area contributed by atoms with Crippen molar-refractivity contribution in [3.8, 4) is 0 Å². The summed E-state index contributed by atoms with van der Waals surface area (Å²) in [5, 5.41) is 2.14. The number of esters is 1. The Morgan fingerprint density at radius 2 is 1.44 bits per heavy atom. The number of amides is 3. The molecule has 0 spiro atoms. The van der Waals surface area contributed by atoms with Gasteiger partial charge in [0.15, 0.2) is 6.61 Å². The van der Waals surface area contributed by atoms with E-state index < -0.39 is 30.3 Å². The molecule has 4 atom stereocenters. The number of alkyl halides is 2. The fourth-order valence-corrected chi connectivity index (χ4v) is 5.48. The summed E-state index contributed by atoms with van der Waals surface area (Å²) in [4.78, 5) is 51.9. The molecule has 2 aromatic rings. The van der Waals surface area contributed by atoms with Crippen molar-refractivity contribution in [3.63, 3.8) is 0 Å². The maximum Gasteiger partial charge on any atom is 0.338 e. The number of anilines is 2. The van der Waals surface area contributed by atoms with Gasteiger partial charge >= 0.3 is 5.97 Å². The van der Waals surface area contributed by atoms with Gasteiger partial charge in [0, 0.05) is 5.69 Å². The van der Waals surface area contributed by atoms with E-state index in [9.17, 15) is 19.2 Å². The van der Waals surface area contributed by atoms with E-state index >= 15 is 0 Å². The molecule has 1 saturated carbocycles. The van der Waals surface area contributed by atoms with Crippen LogP contribution in [0.5, 0.6) is 0 Å². The topological polar surface area (TPSA) is 92.8 Å². The number of hydrogen-bond donors (Lipinski definition) is 1. The lowest BCUT2D eigenvalue weighted by molar-refractivity contribution is -0.122. The monoisotopic (exact) mass is 530 g/mol. The number of nitrogens with zero attached hydrogens (tertiary/aromatic N) is 1.